The van der Waals surface area contributed by atoms with E-state index in [1.165, 1.54) is 0 Å². The maximum Gasteiger partial charge on any atom is 0.100 e. The zero-order chi connectivity index (χ0) is 12.7. The second kappa shape index (κ2) is 4.30. The molecule has 2 aromatic carbocycles. The number of fused-ring (bicyclic) bond motifs is 1. The average molecular weight is 323 g/mol. The lowest BCUT2D eigenvalue weighted by Gasteiger charge is -2.07. The molecule has 0 atom stereocenters. The van der Waals surface area contributed by atoms with E-state index in [9.17, 15) is 0 Å². The van der Waals surface area contributed by atoms with E-state index in [0.717, 1.165) is 21.2 Å². The summed E-state index contributed by atoms with van der Waals surface area (Å²) < 4.78 is 2.92. The van der Waals surface area contributed by atoms with Gasteiger partial charge in [-0.15, -0.1) is 0 Å². The van der Waals surface area contributed by atoms with Crippen LogP contribution in [0.2, 0.25) is 5.02 Å². The fraction of sp³-hybridized carbons (Fsp3) is 0. The van der Waals surface area contributed by atoms with Gasteiger partial charge in [-0.2, -0.15) is 0 Å². The zero-order valence-corrected chi connectivity index (χ0v) is 11.6. The number of imidazole rings is 1. The van der Waals surface area contributed by atoms with E-state index in [-0.39, 0.29) is 0 Å². The summed E-state index contributed by atoms with van der Waals surface area (Å²) >= 11 is 9.67. The van der Waals surface area contributed by atoms with E-state index in [1.54, 1.807) is 6.33 Å². The molecule has 0 unspecified atom stereocenters. The average Bonchev–Trinajstić information content (AvgIpc) is 2.75. The number of hydrogen-bond donors (Lipinski definition) is 1. The van der Waals surface area contributed by atoms with Gasteiger partial charge in [0.15, 0.2) is 0 Å². The number of nitrogens with zero attached hydrogens (tertiary/aromatic N) is 2. The second-order valence-electron chi connectivity index (χ2n) is 3.96. The fourth-order valence-electron chi connectivity index (χ4n) is 1.89. The van der Waals surface area contributed by atoms with Crippen LogP contribution in [0.4, 0.5) is 5.69 Å². The van der Waals surface area contributed by atoms with Crippen molar-refractivity contribution < 1.29 is 0 Å². The van der Waals surface area contributed by atoms with Crippen LogP contribution < -0.4 is 5.73 Å². The molecule has 0 amide bonds. The summed E-state index contributed by atoms with van der Waals surface area (Å²) in [5.41, 5.74) is 9.16. The molecule has 0 aliphatic rings. The first-order valence-corrected chi connectivity index (χ1v) is 6.50. The van der Waals surface area contributed by atoms with E-state index in [4.69, 9.17) is 17.3 Å². The van der Waals surface area contributed by atoms with Crippen molar-refractivity contribution in [2.75, 3.05) is 5.73 Å². The minimum absolute atomic E-state index is 0.675. The van der Waals surface area contributed by atoms with Gasteiger partial charge in [0.05, 0.1) is 21.7 Å². The highest BCUT2D eigenvalue weighted by Gasteiger charge is 2.08. The molecule has 0 aliphatic carbocycles. The number of benzene rings is 2. The van der Waals surface area contributed by atoms with Crippen molar-refractivity contribution in [3.8, 4) is 5.69 Å². The third-order valence-corrected chi connectivity index (χ3v) is 3.55. The highest BCUT2D eigenvalue weighted by atomic mass is 79.9. The minimum atomic E-state index is 0.675. The van der Waals surface area contributed by atoms with Crippen molar-refractivity contribution in [2.24, 2.45) is 0 Å². The molecule has 0 fully saturated rings. The zero-order valence-electron chi connectivity index (χ0n) is 9.27. The molecule has 3 aromatic rings. The van der Waals surface area contributed by atoms with Crippen LogP contribution >= 0.6 is 27.5 Å². The number of nitrogens with two attached hydrogens (primary N) is 1. The lowest BCUT2D eigenvalue weighted by atomic mass is 10.2. The first-order valence-electron chi connectivity index (χ1n) is 5.33. The molecule has 0 saturated heterocycles. The van der Waals surface area contributed by atoms with E-state index in [2.05, 4.69) is 20.9 Å². The number of halogens is 2. The van der Waals surface area contributed by atoms with Gasteiger partial charge in [-0.1, -0.05) is 27.5 Å². The van der Waals surface area contributed by atoms with Gasteiger partial charge in [0.2, 0.25) is 0 Å². The summed E-state index contributed by atoms with van der Waals surface area (Å²) in [6.45, 7) is 0. The molecule has 0 spiro atoms. The molecule has 0 bridgehead atoms. The SMILES string of the molecule is Nc1ccc2c(c1)ncn2-c1cc(Br)ccc1Cl. The minimum Gasteiger partial charge on any atom is -0.399 e. The van der Waals surface area contributed by atoms with Gasteiger partial charge in [-0.05, 0) is 36.4 Å². The topological polar surface area (TPSA) is 43.8 Å². The highest BCUT2D eigenvalue weighted by molar-refractivity contribution is 9.10. The van der Waals surface area contributed by atoms with Crippen LogP contribution in [0.5, 0.6) is 0 Å². The Morgan fingerprint density at radius 2 is 2.00 bits per heavy atom. The van der Waals surface area contributed by atoms with Crippen LogP contribution in [0, 0.1) is 0 Å². The van der Waals surface area contributed by atoms with Crippen LogP contribution in [0.15, 0.2) is 47.2 Å². The van der Waals surface area contributed by atoms with Crippen molar-refractivity contribution in [1.29, 1.82) is 0 Å². The quantitative estimate of drug-likeness (QED) is 0.688. The Morgan fingerprint density at radius 1 is 1.17 bits per heavy atom. The molecule has 1 heterocycles. The predicted octanol–water partition coefficient (Wildman–Crippen LogP) is 4.02. The van der Waals surface area contributed by atoms with Crippen molar-refractivity contribution in [2.45, 2.75) is 0 Å². The van der Waals surface area contributed by atoms with Crippen LogP contribution in [-0.4, -0.2) is 9.55 Å². The number of anilines is 1. The molecule has 5 heteroatoms. The van der Waals surface area contributed by atoms with Gasteiger partial charge >= 0.3 is 0 Å². The van der Waals surface area contributed by atoms with Gasteiger partial charge in [-0.3, -0.25) is 4.57 Å². The maximum atomic E-state index is 6.23. The monoisotopic (exact) mass is 321 g/mol. The Kier molecular flexibility index (Phi) is 2.76. The molecule has 3 rings (SSSR count). The summed E-state index contributed by atoms with van der Waals surface area (Å²) in [4.78, 5) is 4.34. The molecule has 1 aromatic heterocycles. The first-order chi connectivity index (χ1) is 8.65. The molecule has 18 heavy (non-hydrogen) atoms. The molecule has 2 N–H and O–H groups in total. The summed E-state index contributed by atoms with van der Waals surface area (Å²) in [7, 11) is 0. The van der Waals surface area contributed by atoms with Crippen molar-refractivity contribution >= 4 is 44.3 Å². The lowest BCUT2D eigenvalue weighted by molar-refractivity contribution is 1.09. The van der Waals surface area contributed by atoms with E-state index >= 15 is 0 Å². The van der Waals surface area contributed by atoms with Crippen molar-refractivity contribution in [3.63, 3.8) is 0 Å². The molecule has 0 saturated carbocycles. The Balaban J connectivity index is 2.28. The molecule has 3 nitrogen and oxygen atoms in total. The Labute approximate surface area is 117 Å². The molecule has 0 radical (unpaired) electrons. The lowest BCUT2D eigenvalue weighted by Crippen LogP contribution is -1.93. The van der Waals surface area contributed by atoms with Crippen LogP contribution in [0.3, 0.4) is 0 Å². The third-order valence-electron chi connectivity index (χ3n) is 2.74. The Bertz CT molecular complexity index is 736. The van der Waals surface area contributed by atoms with Crippen molar-refractivity contribution in [3.05, 3.63) is 52.2 Å². The van der Waals surface area contributed by atoms with Crippen LogP contribution in [0.25, 0.3) is 16.7 Å². The maximum absolute atomic E-state index is 6.23. The smallest absolute Gasteiger partial charge is 0.100 e. The van der Waals surface area contributed by atoms with Crippen LogP contribution in [0.1, 0.15) is 0 Å². The Hall–Kier alpha value is -1.52. The number of hydrogen-bond acceptors (Lipinski definition) is 2. The second-order valence-corrected chi connectivity index (χ2v) is 5.28. The standard InChI is InChI=1S/C13H9BrClN3/c14-8-1-3-10(15)13(5-8)18-7-17-11-6-9(16)2-4-12(11)18/h1-7H,16H2. The molecule has 0 aliphatic heterocycles. The number of nitrogen functional groups attached to an aromatic ring is 1. The summed E-state index contributed by atoms with van der Waals surface area (Å²) in [5.74, 6) is 0. The van der Waals surface area contributed by atoms with Gasteiger partial charge < -0.3 is 5.73 Å². The van der Waals surface area contributed by atoms with Crippen molar-refractivity contribution in [1.82, 2.24) is 9.55 Å². The van der Waals surface area contributed by atoms with E-state index in [0.29, 0.717) is 10.7 Å². The fourth-order valence-corrected chi connectivity index (χ4v) is 2.45. The summed E-state index contributed by atoms with van der Waals surface area (Å²) in [5, 5.41) is 0.675. The van der Waals surface area contributed by atoms with Gasteiger partial charge in [0.1, 0.15) is 6.33 Å². The van der Waals surface area contributed by atoms with Gasteiger partial charge in [-0.25, -0.2) is 4.98 Å². The number of aromatic nitrogens is 2. The number of rotatable bonds is 1. The van der Waals surface area contributed by atoms with Crippen LogP contribution in [-0.2, 0) is 0 Å². The first kappa shape index (κ1) is 11.6. The summed E-state index contributed by atoms with van der Waals surface area (Å²) in [6.07, 6.45) is 1.75. The van der Waals surface area contributed by atoms with E-state index in [1.807, 2.05) is 41.0 Å². The summed E-state index contributed by atoms with van der Waals surface area (Å²) in [6, 6.07) is 11.4. The van der Waals surface area contributed by atoms with E-state index < -0.39 is 0 Å². The van der Waals surface area contributed by atoms with Gasteiger partial charge in [0.25, 0.3) is 0 Å². The molecular weight excluding hydrogens is 314 g/mol. The molecule has 90 valence electrons. The largest absolute Gasteiger partial charge is 0.399 e. The predicted molar refractivity (Wildman–Crippen MR) is 78.2 cm³/mol. The normalized spacial score (nSPS) is 11.0. The van der Waals surface area contributed by atoms with Gasteiger partial charge in [0, 0.05) is 10.2 Å². The Morgan fingerprint density at radius 3 is 2.83 bits per heavy atom. The third kappa shape index (κ3) is 1.87. The molecular formula is C13H9BrClN3. The highest BCUT2D eigenvalue weighted by Crippen LogP contribution is 2.28.